The van der Waals surface area contributed by atoms with Crippen molar-refractivity contribution in [2.45, 2.75) is 20.3 Å². The summed E-state index contributed by atoms with van der Waals surface area (Å²) in [7, 11) is 0. The predicted molar refractivity (Wildman–Crippen MR) is 89.9 cm³/mol. The number of carboxylic acids is 1. The van der Waals surface area contributed by atoms with Crippen LogP contribution < -0.4 is 0 Å². The zero-order valence-electron chi connectivity index (χ0n) is 13.5. The van der Waals surface area contributed by atoms with Crippen molar-refractivity contribution >= 4 is 23.5 Å². The van der Waals surface area contributed by atoms with E-state index in [-0.39, 0.29) is 30.6 Å². The van der Waals surface area contributed by atoms with E-state index in [4.69, 9.17) is 21.2 Å². The molecule has 0 aliphatic carbocycles. The lowest BCUT2D eigenvalue weighted by Crippen LogP contribution is -2.35. The molecule has 0 aliphatic rings. The average molecular weight is 351 g/mol. The van der Waals surface area contributed by atoms with Gasteiger partial charge in [0.2, 0.25) is 5.76 Å². The zero-order chi connectivity index (χ0) is 17.7. The average Bonchev–Trinajstić information content (AvgIpc) is 3.00. The molecular weight excluding hydrogens is 332 g/mol. The van der Waals surface area contributed by atoms with Crippen molar-refractivity contribution in [3.8, 4) is 11.3 Å². The minimum absolute atomic E-state index is 0.0796. The van der Waals surface area contributed by atoms with Gasteiger partial charge < -0.3 is 14.5 Å². The van der Waals surface area contributed by atoms with Crippen LogP contribution in [0.2, 0.25) is 5.02 Å². The summed E-state index contributed by atoms with van der Waals surface area (Å²) >= 11 is 5.95. The van der Waals surface area contributed by atoms with Crippen LogP contribution in [0.15, 0.2) is 34.9 Å². The van der Waals surface area contributed by atoms with Gasteiger partial charge in [-0.3, -0.25) is 9.59 Å². The second kappa shape index (κ2) is 7.97. The molecule has 0 fully saturated rings. The number of rotatable bonds is 7. The van der Waals surface area contributed by atoms with Gasteiger partial charge in [0, 0.05) is 29.7 Å². The fourth-order valence-corrected chi connectivity index (χ4v) is 2.45. The molecule has 0 atom stereocenters. The SMILES string of the molecule is CC(C)CN(CCC(=O)O)C(=O)c1cc(-c2cccc(Cl)c2)no1. The molecule has 0 aliphatic heterocycles. The molecule has 0 unspecified atom stereocenters. The number of carbonyl (C=O) groups excluding carboxylic acids is 1. The topological polar surface area (TPSA) is 83.6 Å². The van der Waals surface area contributed by atoms with Crippen LogP contribution in [-0.2, 0) is 4.79 Å². The van der Waals surface area contributed by atoms with Crippen molar-refractivity contribution in [2.75, 3.05) is 13.1 Å². The summed E-state index contributed by atoms with van der Waals surface area (Å²) in [5.74, 6) is -1.03. The maximum absolute atomic E-state index is 12.6. The molecule has 1 amide bonds. The number of carboxylic acid groups (broad SMARTS) is 1. The Balaban J connectivity index is 2.19. The number of halogens is 1. The molecule has 7 heteroatoms. The van der Waals surface area contributed by atoms with Crippen LogP contribution in [0.1, 0.15) is 30.8 Å². The molecule has 2 aromatic rings. The lowest BCUT2D eigenvalue weighted by Gasteiger charge is -2.22. The maximum Gasteiger partial charge on any atom is 0.305 e. The van der Waals surface area contributed by atoms with Crippen LogP contribution in [-0.4, -0.2) is 40.1 Å². The quantitative estimate of drug-likeness (QED) is 0.825. The molecule has 1 aromatic heterocycles. The summed E-state index contributed by atoms with van der Waals surface area (Å²) in [5, 5.41) is 13.3. The van der Waals surface area contributed by atoms with E-state index in [2.05, 4.69) is 5.16 Å². The van der Waals surface area contributed by atoms with Crippen molar-refractivity contribution in [3.05, 3.63) is 41.1 Å². The summed E-state index contributed by atoms with van der Waals surface area (Å²) in [4.78, 5) is 24.8. The molecule has 6 nitrogen and oxygen atoms in total. The third-order valence-electron chi connectivity index (χ3n) is 3.31. The number of aliphatic carboxylic acids is 1. The minimum atomic E-state index is -0.950. The molecule has 1 aromatic carbocycles. The summed E-state index contributed by atoms with van der Waals surface area (Å²) in [6, 6.07) is 8.61. The van der Waals surface area contributed by atoms with Gasteiger partial charge in [0.1, 0.15) is 5.69 Å². The molecule has 0 saturated heterocycles. The summed E-state index contributed by atoms with van der Waals surface area (Å²) in [6.07, 6.45) is -0.117. The van der Waals surface area contributed by atoms with Gasteiger partial charge in [0.15, 0.2) is 0 Å². The molecule has 0 saturated carbocycles. The number of benzene rings is 1. The van der Waals surface area contributed by atoms with Crippen LogP contribution in [0.25, 0.3) is 11.3 Å². The van der Waals surface area contributed by atoms with Gasteiger partial charge in [0.25, 0.3) is 5.91 Å². The Morgan fingerprint density at radius 1 is 1.33 bits per heavy atom. The van der Waals surface area contributed by atoms with E-state index in [1.807, 2.05) is 19.9 Å². The summed E-state index contributed by atoms with van der Waals surface area (Å²) in [6.45, 7) is 4.48. The van der Waals surface area contributed by atoms with Gasteiger partial charge in [-0.15, -0.1) is 0 Å². The number of amides is 1. The van der Waals surface area contributed by atoms with E-state index < -0.39 is 5.97 Å². The Labute approximate surface area is 145 Å². The Morgan fingerprint density at radius 2 is 2.08 bits per heavy atom. The smallest absolute Gasteiger partial charge is 0.305 e. The second-order valence-corrected chi connectivity index (χ2v) is 6.31. The van der Waals surface area contributed by atoms with Gasteiger partial charge in [-0.1, -0.05) is 42.7 Å². The summed E-state index contributed by atoms with van der Waals surface area (Å²) in [5.41, 5.74) is 1.25. The molecule has 2 rings (SSSR count). The Bertz CT molecular complexity index is 727. The number of aromatic nitrogens is 1. The lowest BCUT2D eigenvalue weighted by atomic mass is 10.1. The first kappa shape index (κ1) is 18.0. The highest BCUT2D eigenvalue weighted by Crippen LogP contribution is 2.23. The Morgan fingerprint density at radius 3 is 2.71 bits per heavy atom. The van der Waals surface area contributed by atoms with Crippen molar-refractivity contribution in [2.24, 2.45) is 5.92 Å². The monoisotopic (exact) mass is 350 g/mol. The Hall–Kier alpha value is -2.34. The highest BCUT2D eigenvalue weighted by atomic mass is 35.5. The molecule has 1 heterocycles. The number of carbonyl (C=O) groups is 2. The molecule has 1 N–H and O–H groups in total. The van der Waals surface area contributed by atoms with Crippen LogP contribution in [0.4, 0.5) is 0 Å². The third kappa shape index (κ3) is 4.83. The van der Waals surface area contributed by atoms with E-state index in [1.54, 1.807) is 24.3 Å². The second-order valence-electron chi connectivity index (χ2n) is 5.88. The van der Waals surface area contributed by atoms with Crippen LogP contribution in [0.5, 0.6) is 0 Å². The van der Waals surface area contributed by atoms with E-state index >= 15 is 0 Å². The predicted octanol–water partition coefficient (Wildman–Crippen LogP) is 3.57. The highest BCUT2D eigenvalue weighted by molar-refractivity contribution is 6.30. The van der Waals surface area contributed by atoms with Crippen molar-refractivity contribution in [3.63, 3.8) is 0 Å². The Kier molecular flexibility index (Phi) is 5.98. The molecule has 128 valence electrons. The van der Waals surface area contributed by atoms with E-state index in [9.17, 15) is 9.59 Å². The first-order chi connectivity index (χ1) is 11.4. The lowest BCUT2D eigenvalue weighted by molar-refractivity contribution is -0.137. The first-order valence-electron chi connectivity index (χ1n) is 7.60. The van der Waals surface area contributed by atoms with E-state index in [0.29, 0.717) is 17.3 Å². The van der Waals surface area contributed by atoms with E-state index in [1.165, 1.54) is 4.90 Å². The molecular formula is C17H19ClN2O4. The maximum atomic E-state index is 12.6. The largest absolute Gasteiger partial charge is 0.481 e. The van der Waals surface area contributed by atoms with Crippen molar-refractivity contribution < 1.29 is 19.2 Å². The van der Waals surface area contributed by atoms with Crippen molar-refractivity contribution in [1.82, 2.24) is 10.1 Å². The van der Waals surface area contributed by atoms with Gasteiger partial charge in [-0.2, -0.15) is 0 Å². The highest BCUT2D eigenvalue weighted by Gasteiger charge is 2.22. The van der Waals surface area contributed by atoms with Gasteiger partial charge >= 0.3 is 5.97 Å². The molecule has 0 spiro atoms. The first-order valence-corrected chi connectivity index (χ1v) is 7.98. The number of hydrogen-bond donors (Lipinski definition) is 1. The number of hydrogen-bond acceptors (Lipinski definition) is 4. The molecule has 24 heavy (non-hydrogen) atoms. The third-order valence-corrected chi connectivity index (χ3v) is 3.54. The van der Waals surface area contributed by atoms with Gasteiger partial charge in [0.05, 0.1) is 6.42 Å². The molecule has 0 radical (unpaired) electrons. The number of nitrogens with zero attached hydrogens (tertiary/aromatic N) is 2. The zero-order valence-corrected chi connectivity index (χ0v) is 14.3. The van der Waals surface area contributed by atoms with Gasteiger partial charge in [-0.05, 0) is 18.1 Å². The summed E-state index contributed by atoms with van der Waals surface area (Å²) < 4.78 is 5.16. The van der Waals surface area contributed by atoms with Gasteiger partial charge in [-0.25, -0.2) is 0 Å². The fraction of sp³-hybridized carbons (Fsp3) is 0.353. The van der Waals surface area contributed by atoms with E-state index in [0.717, 1.165) is 5.56 Å². The molecule has 0 bridgehead atoms. The minimum Gasteiger partial charge on any atom is -0.481 e. The van der Waals surface area contributed by atoms with Crippen LogP contribution in [0.3, 0.4) is 0 Å². The van der Waals surface area contributed by atoms with Crippen molar-refractivity contribution in [1.29, 1.82) is 0 Å². The van der Waals surface area contributed by atoms with Crippen LogP contribution >= 0.6 is 11.6 Å². The standard InChI is InChI=1S/C17H19ClN2O4/c1-11(2)10-20(7-6-16(21)22)17(23)15-9-14(19-24-15)12-4-3-5-13(18)8-12/h3-5,8-9,11H,6-7,10H2,1-2H3,(H,21,22). The fourth-order valence-electron chi connectivity index (χ4n) is 2.26. The van der Waals surface area contributed by atoms with Crippen LogP contribution in [0, 0.1) is 5.92 Å². The normalized spacial score (nSPS) is 10.8.